The highest BCUT2D eigenvalue weighted by Crippen LogP contribution is 2.34. The van der Waals surface area contributed by atoms with Gasteiger partial charge in [-0.1, -0.05) is 0 Å². The van der Waals surface area contributed by atoms with Crippen LogP contribution in [0.4, 0.5) is 5.69 Å². The molecule has 0 saturated carbocycles. The zero-order chi connectivity index (χ0) is 17.8. The Morgan fingerprint density at radius 2 is 1.81 bits per heavy atom. The van der Waals surface area contributed by atoms with E-state index >= 15 is 0 Å². The molecule has 26 heavy (non-hydrogen) atoms. The van der Waals surface area contributed by atoms with Crippen molar-refractivity contribution in [1.29, 1.82) is 0 Å². The van der Waals surface area contributed by atoms with Crippen LogP contribution in [-0.4, -0.2) is 54.8 Å². The number of amides is 3. The number of imide groups is 1. The fourth-order valence-electron chi connectivity index (χ4n) is 4.82. The van der Waals surface area contributed by atoms with Gasteiger partial charge in [-0.15, -0.1) is 0 Å². The Kier molecular flexibility index (Phi) is 3.53. The minimum atomic E-state index is -0.548. The van der Waals surface area contributed by atoms with Crippen LogP contribution in [-0.2, 0) is 16.1 Å². The molecule has 7 heteroatoms. The van der Waals surface area contributed by atoms with Crippen molar-refractivity contribution in [1.82, 2.24) is 15.5 Å². The van der Waals surface area contributed by atoms with Gasteiger partial charge in [0.15, 0.2) is 0 Å². The summed E-state index contributed by atoms with van der Waals surface area (Å²) in [6.07, 6.45) is 0.687. The van der Waals surface area contributed by atoms with Crippen molar-refractivity contribution in [3.63, 3.8) is 0 Å². The number of hydrogen-bond donors (Lipinski definition) is 2. The van der Waals surface area contributed by atoms with Gasteiger partial charge in [-0.25, -0.2) is 0 Å². The number of nitrogens with zero attached hydrogens (tertiary/aromatic N) is 2. The first-order valence-corrected chi connectivity index (χ1v) is 9.33. The van der Waals surface area contributed by atoms with Gasteiger partial charge >= 0.3 is 0 Å². The number of nitrogens with one attached hydrogen (secondary N) is 2. The van der Waals surface area contributed by atoms with E-state index in [1.807, 2.05) is 12.1 Å². The van der Waals surface area contributed by atoms with E-state index in [4.69, 9.17) is 0 Å². The van der Waals surface area contributed by atoms with Crippen molar-refractivity contribution in [2.75, 3.05) is 31.1 Å². The number of rotatable bonds is 2. The van der Waals surface area contributed by atoms with E-state index in [1.165, 1.54) is 0 Å². The van der Waals surface area contributed by atoms with Crippen LogP contribution in [0.3, 0.4) is 0 Å². The van der Waals surface area contributed by atoms with E-state index in [1.54, 1.807) is 4.90 Å². The van der Waals surface area contributed by atoms with Crippen LogP contribution in [0.5, 0.6) is 0 Å². The summed E-state index contributed by atoms with van der Waals surface area (Å²) < 4.78 is 0. The zero-order valence-corrected chi connectivity index (χ0v) is 14.5. The second-order valence-corrected chi connectivity index (χ2v) is 7.82. The van der Waals surface area contributed by atoms with Crippen LogP contribution in [0.25, 0.3) is 0 Å². The molecule has 7 nitrogen and oxygen atoms in total. The Morgan fingerprint density at radius 1 is 1.04 bits per heavy atom. The van der Waals surface area contributed by atoms with Gasteiger partial charge in [0.2, 0.25) is 11.8 Å². The van der Waals surface area contributed by atoms with Gasteiger partial charge in [0, 0.05) is 50.4 Å². The van der Waals surface area contributed by atoms with E-state index in [9.17, 15) is 14.4 Å². The highest BCUT2D eigenvalue weighted by molar-refractivity contribution is 6.05. The number of carbonyl (C=O) groups excluding carboxylic acids is 3. The maximum absolute atomic E-state index is 12.8. The van der Waals surface area contributed by atoms with Crippen molar-refractivity contribution in [3.05, 3.63) is 29.3 Å². The summed E-state index contributed by atoms with van der Waals surface area (Å²) in [6, 6.07) is 5.48. The third kappa shape index (κ3) is 2.41. The van der Waals surface area contributed by atoms with E-state index in [0.29, 0.717) is 30.4 Å². The topological polar surface area (TPSA) is 81.8 Å². The third-order valence-electron chi connectivity index (χ3n) is 6.26. The molecule has 1 unspecified atom stereocenters. The third-order valence-corrected chi connectivity index (χ3v) is 6.26. The number of carbonyl (C=O) groups is 3. The number of anilines is 1. The van der Waals surface area contributed by atoms with E-state index in [0.717, 1.165) is 37.4 Å². The van der Waals surface area contributed by atoms with Crippen molar-refractivity contribution in [2.24, 2.45) is 11.8 Å². The Labute approximate surface area is 151 Å². The lowest BCUT2D eigenvalue weighted by atomic mass is 10.0. The van der Waals surface area contributed by atoms with Crippen molar-refractivity contribution in [2.45, 2.75) is 25.4 Å². The van der Waals surface area contributed by atoms with E-state index in [2.05, 4.69) is 21.6 Å². The van der Waals surface area contributed by atoms with E-state index < -0.39 is 6.04 Å². The molecule has 5 rings (SSSR count). The highest BCUT2D eigenvalue weighted by Gasteiger charge is 2.40. The molecule has 0 spiro atoms. The van der Waals surface area contributed by atoms with Crippen molar-refractivity contribution in [3.8, 4) is 0 Å². The maximum atomic E-state index is 12.8. The molecule has 0 aromatic heterocycles. The molecule has 2 N–H and O–H groups in total. The van der Waals surface area contributed by atoms with Crippen LogP contribution >= 0.6 is 0 Å². The largest absolute Gasteiger partial charge is 0.371 e. The van der Waals surface area contributed by atoms with Gasteiger partial charge in [0.25, 0.3) is 5.91 Å². The zero-order valence-electron chi connectivity index (χ0n) is 14.5. The molecule has 4 aliphatic rings. The van der Waals surface area contributed by atoms with Crippen LogP contribution in [0.15, 0.2) is 18.2 Å². The molecular formula is C19H22N4O3. The minimum absolute atomic E-state index is 0.108. The van der Waals surface area contributed by atoms with Crippen LogP contribution < -0.4 is 15.5 Å². The first-order valence-electron chi connectivity index (χ1n) is 9.33. The minimum Gasteiger partial charge on any atom is -0.371 e. The molecule has 1 aromatic rings. The number of benzene rings is 1. The molecule has 3 saturated heterocycles. The van der Waals surface area contributed by atoms with Crippen LogP contribution in [0.2, 0.25) is 0 Å². The smallest absolute Gasteiger partial charge is 0.255 e. The highest BCUT2D eigenvalue weighted by atomic mass is 16.2. The Morgan fingerprint density at radius 3 is 2.54 bits per heavy atom. The second-order valence-electron chi connectivity index (χ2n) is 7.82. The van der Waals surface area contributed by atoms with E-state index in [-0.39, 0.29) is 24.1 Å². The summed E-state index contributed by atoms with van der Waals surface area (Å²) in [5.41, 5.74) is 2.82. The summed E-state index contributed by atoms with van der Waals surface area (Å²) >= 11 is 0. The average molecular weight is 354 g/mol. The number of fused-ring (bicyclic) bond motifs is 2. The van der Waals surface area contributed by atoms with Gasteiger partial charge in [0.1, 0.15) is 6.04 Å². The SMILES string of the molecule is O=C1CCC(N2Cc3cc(N4C[C@H]5CNC[C@H]5C4)ccc3C2=O)C(=O)N1. The molecule has 4 aliphatic heterocycles. The summed E-state index contributed by atoms with van der Waals surface area (Å²) in [5.74, 6) is 0.701. The average Bonchev–Trinajstić information content (AvgIpc) is 3.28. The van der Waals surface area contributed by atoms with Gasteiger partial charge in [0.05, 0.1) is 0 Å². The number of piperidine rings is 1. The lowest BCUT2D eigenvalue weighted by Gasteiger charge is -2.29. The molecule has 0 bridgehead atoms. The lowest BCUT2D eigenvalue weighted by molar-refractivity contribution is -0.136. The predicted octanol–water partition coefficient (Wildman–Crippen LogP) is 0.103. The number of hydrogen-bond acceptors (Lipinski definition) is 5. The van der Waals surface area contributed by atoms with Gasteiger partial charge < -0.3 is 15.1 Å². The monoisotopic (exact) mass is 354 g/mol. The molecule has 0 aliphatic carbocycles. The normalized spacial score (nSPS) is 30.6. The van der Waals surface area contributed by atoms with Crippen molar-refractivity contribution < 1.29 is 14.4 Å². The predicted molar refractivity (Wildman–Crippen MR) is 94.5 cm³/mol. The van der Waals surface area contributed by atoms with Crippen LogP contribution in [0, 0.1) is 11.8 Å². The standard InChI is InChI=1S/C19H22N4O3/c24-17-4-3-16(18(25)21-17)23-10-11-5-14(1-2-15(11)19(23)26)22-8-12-6-20-7-13(12)9-22/h1-2,5,12-13,16,20H,3-4,6-10H2,(H,21,24,25)/t12-,13+,16?. The fraction of sp³-hybridized carbons (Fsp3) is 0.526. The molecule has 0 radical (unpaired) electrons. The molecule has 1 aromatic carbocycles. The molecule has 136 valence electrons. The molecular weight excluding hydrogens is 332 g/mol. The molecule has 3 amide bonds. The fourth-order valence-corrected chi connectivity index (χ4v) is 4.82. The Balaban J connectivity index is 1.36. The first kappa shape index (κ1) is 15.8. The molecule has 3 fully saturated rings. The van der Waals surface area contributed by atoms with Gasteiger partial charge in [-0.05, 0) is 42.0 Å². The van der Waals surface area contributed by atoms with Crippen molar-refractivity contribution >= 4 is 23.4 Å². The lowest BCUT2D eigenvalue weighted by Crippen LogP contribution is -2.52. The summed E-state index contributed by atoms with van der Waals surface area (Å²) in [4.78, 5) is 40.3. The summed E-state index contributed by atoms with van der Waals surface area (Å²) in [6.45, 7) is 4.74. The Hall–Kier alpha value is -2.41. The van der Waals surface area contributed by atoms with Crippen LogP contribution in [0.1, 0.15) is 28.8 Å². The Bertz CT molecular complexity index is 796. The maximum Gasteiger partial charge on any atom is 0.255 e. The summed E-state index contributed by atoms with van der Waals surface area (Å²) in [5, 5.41) is 5.80. The summed E-state index contributed by atoms with van der Waals surface area (Å²) in [7, 11) is 0. The second kappa shape index (κ2) is 5.81. The molecule has 3 atom stereocenters. The quantitative estimate of drug-likeness (QED) is 0.737. The van der Waals surface area contributed by atoms with Gasteiger partial charge in [-0.2, -0.15) is 0 Å². The first-order chi connectivity index (χ1) is 12.6. The van der Waals surface area contributed by atoms with Gasteiger partial charge in [-0.3, -0.25) is 19.7 Å². The molecule has 4 heterocycles.